The Labute approximate surface area is 92.7 Å². The molecule has 1 aromatic rings. The van der Waals surface area contributed by atoms with Crippen molar-refractivity contribution in [1.29, 1.82) is 0 Å². The lowest BCUT2D eigenvalue weighted by atomic mass is 9.90. The molecule has 1 atom stereocenters. The smallest absolute Gasteiger partial charge is 0.123 e. The molecule has 0 radical (unpaired) electrons. The van der Waals surface area contributed by atoms with Crippen LogP contribution < -0.4 is 4.74 Å². The lowest BCUT2D eigenvalue weighted by Crippen LogP contribution is -2.34. The van der Waals surface area contributed by atoms with Crippen LogP contribution in [0.2, 0.25) is 0 Å². The number of hydrogen-bond donors (Lipinski definition) is 0. The van der Waals surface area contributed by atoms with Crippen molar-refractivity contribution in [3.63, 3.8) is 0 Å². The van der Waals surface area contributed by atoms with Crippen molar-refractivity contribution in [2.45, 2.75) is 31.9 Å². The third-order valence-electron chi connectivity index (χ3n) is 2.59. The van der Waals surface area contributed by atoms with E-state index in [4.69, 9.17) is 10.3 Å². The fourth-order valence-corrected chi connectivity index (χ4v) is 1.95. The standard InChI is InChI=1S/C11H12FN3O/c1-11(2)6-9(14-15-13)8-5-7(12)3-4-10(8)16-11/h3-5,9H,6H2,1-2H3/t9-/m1/s1. The summed E-state index contributed by atoms with van der Waals surface area (Å²) < 4.78 is 18.8. The number of azide groups is 1. The van der Waals surface area contributed by atoms with Gasteiger partial charge in [0, 0.05) is 10.5 Å². The molecule has 0 bridgehead atoms. The quantitative estimate of drug-likeness (QED) is 0.405. The highest BCUT2D eigenvalue weighted by molar-refractivity contribution is 5.39. The van der Waals surface area contributed by atoms with Crippen LogP contribution in [0.15, 0.2) is 23.3 Å². The van der Waals surface area contributed by atoms with Gasteiger partial charge in [-0.2, -0.15) is 0 Å². The second-order valence-electron chi connectivity index (χ2n) is 4.47. The summed E-state index contributed by atoms with van der Waals surface area (Å²) in [5, 5.41) is 3.70. The van der Waals surface area contributed by atoms with Crippen LogP contribution in [0.25, 0.3) is 10.4 Å². The van der Waals surface area contributed by atoms with Gasteiger partial charge in [-0.25, -0.2) is 4.39 Å². The molecule has 2 rings (SSSR count). The van der Waals surface area contributed by atoms with Gasteiger partial charge in [-0.05, 0) is 44.0 Å². The van der Waals surface area contributed by atoms with Crippen LogP contribution in [0, 0.1) is 5.82 Å². The van der Waals surface area contributed by atoms with Crippen LogP contribution in [0.1, 0.15) is 31.9 Å². The van der Waals surface area contributed by atoms with Gasteiger partial charge in [0.05, 0.1) is 6.04 Å². The lowest BCUT2D eigenvalue weighted by Gasteiger charge is -2.35. The Hall–Kier alpha value is -1.74. The molecule has 0 saturated carbocycles. The predicted octanol–water partition coefficient (Wildman–Crippen LogP) is 3.74. The number of nitrogens with zero attached hydrogens (tertiary/aromatic N) is 3. The minimum atomic E-state index is -0.399. The zero-order valence-electron chi connectivity index (χ0n) is 9.14. The molecule has 1 aromatic carbocycles. The Kier molecular flexibility index (Phi) is 2.48. The topological polar surface area (TPSA) is 58.0 Å². The Morgan fingerprint density at radius 3 is 3.00 bits per heavy atom. The van der Waals surface area contributed by atoms with Gasteiger partial charge in [0.25, 0.3) is 0 Å². The highest BCUT2D eigenvalue weighted by Crippen LogP contribution is 2.41. The minimum absolute atomic E-state index is 0.347. The van der Waals surface area contributed by atoms with E-state index >= 15 is 0 Å². The average molecular weight is 221 g/mol. The van der Waals surface area contributed by atoms with E-state index in [1.807, 2.05) is 13.8 Å². The zero-order valence-corrected chi connectivity index (χ0v) is 9.14. The lowest BCUT2D eigenvalue weighted by molar-refractivity contribution is 0.0726. The third-order valence-corrected chi connectivity index (χ3v) is 2.59. The molecule has 0 unspecified atom stereocenters. The molecule has 1 heterocycles. The fourth-order valence-electron chi connectivity index (χ4n) is 1.95. The van der Waals surface area contributed by atoms with Crippen LogP contribution in [-0.4, -0.2) is 5.60 Å². The van der Waals surface area contributed by atoms with Gasteiger partial charge >= 0.3 is 0 Å². The van der Waals surface area contributed by atoms with E-state index in [0.29, 0.717) is 17.7 Å². The average Bonchev–Trinajstić information content (AvgIpc) is 2.18. The summed E-state index contributed by atoms with van der Waals surface area (Å²) >= 11 is 0. The second kappa shape index (κ2) is 3.68. The van der Waals surface area contributed by atoms with Gasteiger partial charge in [0.1, 0.15) is 17.2 Å². The normalized spacial score (nSPS) is 21.6. The van der Waals surface area contributed by atoms with Gasteiger partial charge in [0.15, 0.2) is 0 Å². The van der Waals surface area contributed by atoms with Crippen molar-refractivity contribution >= 4 is 0 Å². The Bertz CT molecular complexity index is 466. The van der Waals surface area contributed by atoms with Crippen molar-refractivity contribution < 1.29 is 9.13 Å². The molecule has 0 amide bonds. The summed E-state index contributed by atoms with van der Waals surface area (Å²) in [4.78, 5) is 2.80. The monoisotopic (exact) mass is 221 g/mol. The Morgan fingerprint density at radius 2 is 2.31 bits per heavy atom. The number of ether oxygens (including phenoxy) is 1. The number of hydrogen-bond acceptors (Lipinski definition) is 2. The van der Waals surface area contributed by atoms with Crippen molar-refractivity contribution in [3.05, 3.63) is 40.0 Å². The van der Waals surface area contributed by atoms with Crippen molar-refractivity contribution in [2.75, 3.05) is 0 Å². The molecule has 4 nitrogen and oxygen atoms in total. The Morgan fingerprint density at radius 1 is 1.56 bits per heavy atom. The van der Waals surface area contributed by atoms with Crippen molar-refractivity contribution in [1.82, 2.24) is 0 Å². The fraction of sp³-hybridized carbons (Fsp3) is 0.455. The molecule has 84 valence electrons. The van der Waals surface area contributed by atoms with Crippen molar-refractivity contribution in [2.24, 2.45) is 5.11 Å². The summed E-state index contributed by atoms with van der Waals surface area (Å²) in [6.07, 6.45) is 0.549. The van der Waals surface area contributed by atoms with Crippen LogP contribution in [0.4, 0.5) is 4.39 Å². The molecule has 0 spiro atoms. The van der Waals surface area contributed by atoms with E-state index in [-0.39, 0.29) is 11.9 Å². The number of rotatable bonds is 1. The van der Waals surface area contributed by atoms with Gasteiger partial charge < -0.3 is 4.74 Å². The van der Waals surface area contributed by atoms with Gasteiger partial charge in [0.2, 0.25) is 0 Å². The first-order chi connectivity index (χ1) is 7.52. The van der Waals surface area contributed by atoms with Crippen LogP contribution in [-0.2, 0) is 0 Å². The maximum Gasteiger partial charge on any atom is 0.123 e. The van der Waals surface area contributed by atoms with E-state index < -0.39 is 5.60 Å². The number of fused-ring (bicyclic) bond motifs is 1. The largest absolute Gasteiger partial charge is 0.488 e. The van der Waals surface area contributed by atoms with Crippen LogP contribution in [0.3, 0.4) is 0 Å². The third kappa shape index (κ3) is 1.95. The molecular weight excluding hydrogens is 209 g/mol. The van der Waals surface area contributed by atoms with E-state index in [1.165, 1.54) is 12.1 Å². The first-order valence-electron chi connectivity index (χ1n) is 5.04. The predicted molar refractivity (Wildman–Crippen MR) is 57.6 cm³/mol. The molecule has 5 heteroatoms. The van der Waals surface area contributed by atoms with Crippen LogP contribution in [0.5, 0.6) is 5.75 Å². The molecule has 16 heavy (non-hydrogen) atoms. The molecule has 0 aromatic heterocycles. The molecule has 0 N–H and O–H groups in total. The van der Waals surface area contributed by atoms with E-state index in [9.17, 15) is 4.39 Å². The zero-order chi connectivity index (χ0) is 11.8. The SMILES string of the molecule is CC1(C)C[C@@H](N=[N+]=[N-])c2cc(F)ccc2O1. The summed E-state index contributed by atoms with van der Waals surface area (Å²) in [6.45, 7) is 3.83. The van der Waals surface area contributed by atoms with Gasteiger partial charge in [-0.15, -0.1) is 0 Å². The first-order valence-corrected chi connectivity index (χ1v) is 5.04. The molecule has 1 aliphatic heterocycles. The minimum Gasteiger partial charge on any atom is -0.488 e. The van der Waals surface area contributed by atoms with E-state index in [1.54, 1.807) is 6.07 Å². The highest BCUT2D eigenvalue weighted by Gasteiger charge is 2.33. The van der Waals surface area contributed by atoms with E-state index in [0.717, 1.165) is 0 Å². The molecule has 0 fully saturated rings. The van der Waals surface area contributed by atoms with Gasteiger partial charge in [-0.3, -0.25) is 0 Å². The molecular formula is C11H12FN3O. The molecule has 0 saturated heterocycles. The summed E-state index contributed by atoms with van der Waals surface area (Å²) in [7, 11) is 0. The maximum absolute atomic E-state index is 13.1. The number of halogens is 1. The molecule has 1 aliphatic rings. The van der Waals surface area contributed by atoms with Crippen molar-refractivity contribution in [3.8, 4) is 5.75 Å². The second-order valence-corrected chi connectivity index (χ2v) is 4.47. The summed E-state index contributed by atoms with van der Waals surface area (Å²) in [5.74, 6) is 0.246. The van der Waals surface area contributed by atoms with Gasteiger partial charge in [-0.1, -0.05) is 5.11 Å². The first kappa shape index (κ1) is 10.8. The maximum atomic E-state index is 13.1. The summed E-state index contributed by atoms with van der Waals surface area (Å²) in [6, 6.07) is 3.92. The van der Waals surface area contributed by atoms with Crippen LogP contribution >= 0.6 is 0 Å². The summed E-state index contributed by atoms with van der Waals surface area (Å²) in [5.41, 5.74) is 8.73. The highest BCUT2D eigenvalue weighted by atomic mass is 19.1. The van der Waals surface area contributed by atoms with E-state index in [2.05, 4.69) is 10.0 Å². The Balaban J connectivity index is 2.51. The molecule has 0 aliphatic carbocycles. The number of benzene rings is 1.